The van der Waals surface area contributed by atoms with Crippen LogP contribution in [0.3, 0.4) is 0 Å². The predicted molar refractivity (Wildman–Crippen MR) is 56.7 cm³/mol. The largest absolute Gasteiger partial charge is 0.465 e. The average molecular weight is 228 g/mol. The molecule has 1 aromatic rings. The lowest BCUT2D eigenvalue weighted by Crippen LogP contribution is -2.00. The molecule has 5 heteroatoms. The second-order valence-electron chi connectivity index (χ2n) is 2.54. The lowest BCUT2D eigenvalue weighted by Gasteiger charge is -2.00. The molecule has 74 valence electrons. The van der Waals surface area contributed by atoms with E-state index in [4.69, 9.17) is 0 Å². The molecule has 0 unspecified atom stereocenters. The van der Waals surface area contributed by atoms with Gasteiger partial charge in [0.15, 0.2) is 0 Å². The van der Waals surface area contributed by atoms with Crippen LogP contribution < -0.4 is 0 Å². The van der Waals surface area contributed by atoms with Gasteiger partial charge in [-0.05, 0) is 17.7 Å². The first-order valence-corrected chi connectivity index (χ1v) is 6.30. The van der Waals surface area contributed by atoms with Gasteiger partial charge in [-0.1, -0.05) is 23.5 Å². The van der Waals surface area contributed by atoms with Crippen LogP contribution in [-0.2, 0) is 15.1 Å². The smallest absolute Gasteiger partial charge is 0.337 e. The van der Waals surface area contributed by atoms with Gasteiger partial charge in [-0.25, -0.2) is 4.79 Å². The Morgan fingerprint density at radius 2 is 2.07 bits per heavy atom. The Bertz CT molecular complexity index is 323. The Hall–Kier alpha value is -0.860. The van der Waals surface area contributed by atoms with Gasteiger partial charge in [0.2, 0.25) is 7.66 Å². The van der Waals surface area contributed by atoms with E-state index in [2.05, 4.69) is 4.74 Å². The highest BCUT2D eigenvalue weighted by Crippen LogP contribution is 2.23. The van der Waals surface area contributed by atoms with Crippen molar-refractivity contribution in [2.45, 2.75) is 5.75 Å². The maximum Gasteiger partial charge on any atom is 0.337 e. The molecule has 14 heavy (non-hydrogen) atoms. The Morgan fingerprint density at radius 1 is 1.43 bits per heavy atom. The van der Waals surface area contributed by atoms with Crippen LogP contribution in [0.2, 0.25) is 0 Å². The van der Waals surface area contributed by atoms with Gasteiger partial charge in [0.1, 0.15) is 0 Å². The molecule has 0 saturated heterocycles. The van der Waals surface area contributed by atoms with E-state index in [0.29, 0.717) is 11.3 Å². The lowest BCUT2D eigenvalue weighted by molar-refractivity contribution is 0.0600. The summed E-state index contributed by atoms with van der Waals surface area (Å²) in [5.74, 6) is 0.332. The zero-order chi connectivity index (χ0) is 10.4. The van der Waals surface area contributed by atoms with Crippen molar-refractivity contribution in [1.29, 1.82) is 0 Å². The quantitative estimate of drug-likeness (QED) is 0.587. The highest BCUT2D eigenvalue weighted by Gasteiger charge is 2.03. The number of benzene rings is 1. The molecule has 0 radical (unpaired) electrons. The highest BCUT2D eigenvalue weighted by atomic mass is 32.7. The first kappa shape index (κ1) is 11.2. The molecule has 0 atom stereocenters. The molecule has 0 bridgehead atoms. The molecule has 1 rings (SSSR count). The number of esters is 1. The lowest BCUT2D eigenvalue weighted by atomic mass is 10.1. The summed E-state index contributed by atoms with van der Waals surface area (Å²) in [6.07, 6.45) is 0. The summed E-state index contributed by atoms with van der Waals surface area (Å²) >= 11 is 1.28. The minimum absolute atomic E-state index is 0.0688. The minimum Gasteiger partial charge on any atom is -0.465 e. The van der Waals surface area contributed by atoms with Gasteiger partial charge in [0.25, 0.3) is 0 Å². The van der Waals surface area contributed by atoms with E-state index in [1.165, 1.54) is 18.5 Å². The summed E-state index contributed by atoms with van der Waals surface area (Å²) in [4.78, 5) is 11.1. The molecule has 0 saturated carbocycles. The standard InChI is InChI=1S/C9H9O3PS/c1-12-9(10)8-4-2-7(3-5-8)6-14-13-11/h2-5H,6H2,1H3. The van der Waals surface area contributed by atoms with Crippen molar-refractivity contribution < 1.29 is 14.1 Å². The van der Waals surface area contributed by atoms with E-state index in [9.17, 15) is 9.36 Å². The fourth-order valence-corrected chi connectivity index (χ4v) is 1.96. The van der Waals surface area contributed by atoms with Crippen LogP contribution >= 0.6 is 19.0 Å². The molecule has 1 aromatic carbocycles. The second kappa shape index (κ2) is 5.78. The van der Waals surface area contributed by atoms with Crippen molar-refractivity contribution in [3.63, 3.8) is 0 Å². The first-order chi connectivity index (χ1) is 6.77. The van der Waals surface area contributed by atoms with Crippen LogP contribution in [0.1, 0.15) is 15.9 Å². The average Bonchev–Trinajstić information content (AvgIpc) is 2.26. The summed E-state index contributed by atoms with van der Waals surface area (Å²) in [5.41, 5.74) is 1.56. The number of ether oxygens (including phenoxy) is 1. The summed E-state index contributed by atoms with van der Waals surface area (Å²) < 4.78 is 14.7. The maximum absolute atomic E-state index is 11.1. The SMILES string of the molecule is COC(=O)c1ccc(CSP=O)cc1. The van der Waals surface area contributed by atoms with Crippen molar-refractivity contribution in [3.05, 3.63) is 35.4 Å². The van der Waals surface area contributed by atoms with Gasteiger partial charge < -0.3 is 4.74 Å². The van der Waals surface area contributed by atoms with Crippen molar-refractivity contribution in [3.8, 4) is 0 Å². The molecular weight excluding hydrogens is 219 g/mol. The first-order valence-electron chi connectivity index (χ1n) is 3.90. The molecule has 3 nitrogen and oxygen atoms in total. The Labute approximate surface area is 87.8 Å². The highest BCUT2D eigenvalue weighted by molar-refractivity contribution is 8.45. The third-order valence-corrected chi connectivity index (χ3v) is 2.93. The number of hydrogen-bond acceptors (Lipinski definition) is 4. The fourth-order valence-electron chi connectivity index (χ4n) is 0.956. The second-order valence-corrected chi connectivity index (χ2v) is 4.45. The summed E-state index contributed by atoms with van der Waals surface area (Å²) in [6.45, 7) is 0. The third kappa shape index (κ3) is 3.13. The van der Waals surface area contributed by atoms with Gasteiger partial charge in [-0.15, -0.1) is 0 Å². The van der Waals surface area contributed by atoms with Crippen molar-refractivity contribution >= 4 is 25.0 Å². The maximum atomic E-state index is 11.1. The summed E-state index contributed by atoms with van der Waals surface area (Å²) in [5, 5.41) is 0. The molecule has 0 amide bonds. The Kier molecular flexibility index (Phi) is 4.63. The molecule has 0 aliphatic rings. The number of hydrogen-bond donors (Lipinski definition) is 0. The van der Waals surface area contributed by atoms with Crippen LogP contribution in [-0.4, -0.2) is 13.1 Å². The number of carbonyl (C=O) groups is 1. The summed E-state index contributed by atoms with van der Waals surface area (Å²) in [6, 6.07) is 7.04. The molecule has 0 N–H and O–H groups in total. The van der Waals surface area contributed by atoms with Gasteiger partial charge in [-0.2, -0.15) is 0 Å². The number of methoxy groups -OCH3 is 1. The van der Waals surface area contributed by atoms with Gasteiger partial charge >= 0.3 is 5.97 Å². The van der Waals surface area contributed by atoms with E-state index in [1.807, 2.05) is 12.1 Å². The van der Waals surface area contributed by atoms with Crippen LogP contribution in [0.25, 0.3) is 0 Å². The molecule has 0 aliphatic carbocycles. The number of rotatable bonds is 4. The molecule has 0 aromatic heterocycles. The third-order valence-electron chi connectivity index (χ3n) is 1.66. The zero-order valence-corrected chi connectivity index (χ0v) is 9.31. The van der Waals surface area contributed by atoms with Crippen molar-refractivity contribution in [2.75, 3.05) is 7.11 Å². The van der Waals surface area contributed by atoms with Gasteiger partial charge in [0, 0.05) is 5.75 Å². The van der Waals surface area contributed by atoms with E-state index in [0.717, 1.165) is 5.56 Å². The van der Waals surface area contributed by atoms with E-state index < -0.39 is 0 Å². The van der Waals surface area contributed by atoms with Crippen LogP contribution in [0, 0.1) is 0 Å². The molecular formula is C9H9O3PS. The molecule has 0 aliphatic heterocycles. The van der Waals surface area contributed by atoms with Crippen LogP contribution in [0.4, 0.5) is 0 Å². The minimum atomic E-state index is -0.342. The molecule has 0 fully saturated rings. The van der Waals surface area contributed by atoms with Crippen molar-refractivity contribution in [1.82, 2.24) is 0 Å². The Balaban J connectivity index is 2.68. The van der Waals surface area contributed by atoms with Crippen LogP contribution in [0.15, 0.2) is 24.3 Å². The van der Waals surface area contributed by atoms with E-state index in [1.54, 1.807) is 12.1 Å². The number of carbonyl (C=O) groups excluding carboxylic acids is 1. The van der Waals surface area contributed by atoms with E-state index in [-0.39, 0.29) is 13.6 Å². The normalized spacial score (nSPS) is 10.1. The summed E-state index contributed by atoms with van der Waals surface area (Å²) in [7, 11) is 1.42. The van der Waals surface area contributed by atoms with Crippen molar-refractivity contribution in [2.24, 2.45) is 0 Å². The molecule has 0 spiro atoms. The van der Waals surface area contributed by atoms with Gasteiger partial charge in [-0.3, -0.25) is 4.57 Å². The van der Waals surface area contributed by atoms with Crippen LogP contribution in [0.5, 0.6) is 0 Å². The Morgan fingerprint density at radius 3 is 2.57 bits per heavy atom. The fraction of sp³-hybridized carbons (Fsp3) is 0.222. The van der Waals surface area contributed by atoms with Gasteiger partial charge in [0.05, 0.1) is 12.7 Å². The zero-order valence-electron chi connectivity index (χ0n) is 7.60. The monoisotopic (exact) mass is 228 g/mol. The van der Waals surface area contributed by atoms with E-state index >= 15 is 0 Å². The topological polar surface area (TPSA) is 43.4 Å². The molecule has 0 heterocycles. The predicted octanol–water partition coefficient (Wildman–Crippen LogP) is 2.91.